The zero-order chi connectivity index (χ0) is 21.3. The molecule has 1 aliphatic rings. The van der Waals surface area contributed by atoms with E-state index < -0.39 is 5.82 Å². The van der Waals surface area contributed by atoms with Crippen LogP contribution in [0.1, 0.15) is 20.8 Å². The largest absolute Gasteiger partial charge is 0.355 e. The van der Waals surface area contributed by atoms with E-state index in [0.29, 0.717) is 47.5 Å². The molecule has 1 fully saturated rings. The van der Waals surface area contributed by atoms with Crippen LogP contribution in [0, 0.1) is 5.82 Å². The summed E-state index contributed by atoms with van der Waals surface area (Å²) in [6.45, 7) is 1.36. The second-order valence-corrected chi connectivity index (χ2v) is 7.64. The molecule has 3 aromatic rings. The van der Waals surface area contributed by atoms with Crippen LogP contribution in [0.25, 0.3) is 11.3 Å². The molecule has 1 aromatic heterocycles. The van der Waals surface area contributed by atoms with Crippen LogP contribution in [0.5, 0.6) is 0 Å². The van der Waals surface area contributed by atoms with Gasteiger partial charge in [0.25, 0.3) is 11.8 Å². The van der Waals surface area contributed by atoms with E-state index in [0.717, 1.165) is 0 Å². The standard InChI is InChI=1S/C21H16Cl2FN3O3/c22-14-4-5-16(17(23)11-14)19-12-18(25-30-19)21(29)27-8-6-26(7-9-27)20(28)13-2-1-3-15(24)10-13/h1-5,10-12H,6-9H2. The fourth-order valence-corrected chi connectivity index (χ4v) is 3.77. The molecule has 0 bridgehead atoms. The van der Waals surface area contributed by atoms with Gasteiger partial charge in [0.15, 0.2) is 11.5 Å². The van der Waals surface area contributed by atoms with E-state index in [4.69, 9.17) is 27.7 Å². The predicted molar refractivity (Wildman–Crippen MR) is 110 cm³/mol. The summed E-state index contributed by atoms with van der Waals surface area (Å²) in [6.07, 6.45) is 0. The maximum Gasteiger partial charge on any atom is 0.276 e. The summed E-state index contributed by atoms with van der Waals surface area (Å²) in [4.78, 5) is 28.5. The molecular weight excluding hydrogens is 432 g/mol. The van der Waals surface area contributed by atoms with Gasteiger partial charge in [-0.2, -0.15) is 0 Å². The predicted octanol–water partition coefficient (Wildman–Crippen LogP) is 4.39. The quantitative estimate of drug-likeness (QED) is 0.597. The summed E-state index contributed by atoms with van der Waals surface area (Å²) in [6, 6.07) is 12.0. The lowest BCUT2D eigenvalue weighted by Gasteiger charge is -2.34. The number of rotatable bonds is 3. The molecule has 6 nitrogen and oxygen atoms in total. The first-order chi connectivity index (χ1) is 14.4. The average molecular weight is 448 g/mol. The molecule has 0 spiro atoms. The van der Waals surface area contributed by atoms with E-state index in [2.05, 4.69) is 5.16 Å². The first-order valence-electron chi connectivity index (χ1n) is 9.18. The number of piperazine rings is 1. The Kier molecular flexibility index (Phi) is 5.74. The van der Waals surface area contributed by atoms with Crippen molar-refractivity contribution in [1.29, 1.82) is 0 Å². The van der Waals surface area contributed by atoms with E-state index >= 15 is 0 Å². The van der Waals surface area contributed by atoms with Gasteiger partial charge in [0.05, 0.1) is 5.02 Å². The third-order valence-corrected chi connectivity index (χ3v) is 5.40. The summed E-state index contributed by atoms with van der Waals surface area (Å²) in [5.74, 6) is -0.659. The molecule has 1 saturated heterocycles. The fourth-order valence-electron chi connectivity index (χ4n) is 3.27. The number of halogens is 3. The SMILES string of the molecule is O=C(c1cccc(F)c1)N1CCN(C(=O)c2cc(-c3ccc(Cl)cc3Cl)on2)CC1. The molecule has 30 heavy (non-hydrogen) atoms. The van der Waals surface area contributed by atoms with Gasteiger partial charge in [0.2, 0.25) is 0 Å². The molecule has 1 aliphatic heterocycles. The van der Waals surface area contributed by atoms with Gasteiger partial charge >= 0.3 is 0 Å². The monoisotopic (exact) mass is 447 g/mol. The Morgan fingerprint density at radius 3 is 2.30 bits per heavy atom. The van der Waals surface area contributed by atoms with Gasteiger partial charge in [-0.15, -0.1) is 0 Å². The zero-order valence-electron chi connectivity index (χ0n) is 15.6. The second-order valence-electron chi connectivity index (χ2n) is 6.80. The maximum absolute atomic E-state index is 13.4. The highest BCUT2D eigenvalue weighted by molar-refractivity contribution is 6.36. The van der Waals surface area contributed by atoms with Crippen LogP contribution in [0.15, 0.2) is 53.1 Å². The molecule has 0 unspecified atom stereocenters. The van der Waals surface area contributed by atoms with Crippen LogP contribution >= 0.6 is 23.2 Å². The average Bonchev–Trinajstić information content (AvgIpc) is 3.22. The normalized spacial score (nSPS) is 14.1. The number of hydrogen-bond donors (Lipinski definition) is 0. The summed E-state index contributed by atoms with van der Waals surface area (Å²) in [7, 11) is 0. The molecule has 4 rings (SSSR count). The first-order valence-corrected chi connectivity index (χ1v) is 9.94. The molecule has 0 aliphatic carbocycles. The first kappa shape index (κ1) is 20.4. The second kappa shape index (κ2) is 8.45. The number of benzene rings is 2. The van der Waals surface area contributed by atoms with Gasteiger partial charge in [-0.25, -0.2) is 4.39 Å². The number of aromatic nitrogens is 1. The van der Waals surface area contributed by atoms with E-state index in [1.807, 2.05) is 0 Å². The lowest BCUT2D eigenvalue weighted by Crippen LogP contribution is -2.50. The van der Waals surface area contributed by atoms with Crippen LogP contribution in [0.4, 0.5) is 4.39 Å². The third kappa shape index (κ3) is 4.17. The molecule has 9 heteroatoms. The highest BCUT2D eigenvalue weighted by atomic mass is 35.5. The lowest BCUT2D eigenvalue weighted by molar-refractivity contribution is 0.0529. The van der Waals surface area contributed by atoms with Gasteiger partial charge in [-0.3, -0.25) is 9.59 Å². The molecule has 0 N–H and O–H groups in total. The third-order valence-electron chi connectivity index (χ3n) is 4.85. The van der Waals surface area contributed by atoms with E-state index in [1.165, 1.54) is 24.3 Å². The lowest BCUT2D eigenvalue weighted by atomic mass is 10.1. The Morgan fingerprint density at radius 1 is 0.933 bits per heavy atom. The molecule has 2 amide bonds. The molecular formula is C21H16Cl2FN3O3. The number of carbonyl (C=O) groups excluding carboxylic acids is 2. The number of hydrogen-bond acceptors (Lipinski definition) is 4. The minimum Gasteiger partial charge on any atom is -0.355 e. The minimum absolute atomic E-state index is 0.154. The van der Waals surface area contributed by atoms with Crippen molar-refractivity contribution in [3.8, 4) is 11.3 Å². The van der Waals surface area contributed by atoms with Crippen molar-refractivity contribution in [3.63, 3.8) is 0 Å². The number of carbonyl (C=O) groups is 2. The molecule has 154 valence electrons. The molecule has 2 aromatic carbocycles. The number of amides is 2. The van der Waals surface area contributed by atoms with Crippen LogP contribution in [-0.4, -0.2) is 52.9 Å². The van der Waals surface area contributed by atoms with Gasteiger partial charge in [-0.1, -0.05) is 34.4 Å². The van der Waals surface area contributed by atoms with Crippen LogP contribution in [0.3, 0.4) is 0 Å². The topological polar surface area (TPSA) is 66.7 Å². The van der Waals surface area contributed by atoms with Crippen molar-refractivity contribution in [3.05, 3.63) is 75.7 Å². The van der Waals surface area contributed by atoms with Crippen molar-refractivity contribution in [2.75, 3.05) is 26.2 Å². The summed E-state index contributed by atoms with van der Waals surface area (Å²) in [5, 5.41) is 4.74. The van der Waals surface area contributed by atoms with Crippen molar-refractivity contribution < 1.29 is 18.5 Å². The zero-order valence-corrected chi connectivity index (χ0v) is 17.2. The Bertz CT molecular complexity index is 1110. The van der Waals surface area contributed by atoms with E-state index in [-0.39, 0.29) is 23.1 Å². The molecule has 0 saturated carbocycles. The molecule has 0 atom stereocenters. The Balaban J connectivity index is 1.41. The van der Waals surface area contributed by atoms with E-state index in [9.17, 15) is 14.0 Å². The highest BCUT2D eigenvalue weighted by Gasteiger charge is 2.27. The highest BCUT2D eigenvalue weighted by Crippen LogP contribution is 2.31. The van der Waals surface area contributed by atoms with Gasteiger partial charge in [0, 0.05) is 48.4 Å². The van der Waals surface area contributed by atoms with E-state index in [1.54, 1.807) is 34.1 Å². The summed E-state index contributed by atoms with van der Waals surface area (Å²) in [5.41, 5.74) is 1.02. The van der Waals surface area contributed by atoms with Gasteiger partial charge in [0.1, 0.15) is 5.82 Å². The Morgan fingerprint density at radius 2 is 1.63 bits per heavy atom. The Labute approximate surface area is 181 Å². The van der Waals surface area contributed by atoms with Crippen molar-refractivity contribution in [1.82, 2.24) is 15.0 Å². The number of nitrogens with zero attached hydrogens (tertiary/aromatic N) is 3. The summed E-state index contributed by atoms with van der Waals surface area (Å²) < 4.78 is 18.7. The van der Waals surface area contributed by atoms with Crippen LogP contribution < -0.4 is 0 Å². The van der Waals surface area contributed by atoms with Crippen molar-refractivity contribution >= 4 is 35.0 Å². The van der Waals surface area contributed by atoms with Gasteiger partial charge in [-0.05, 0) is 36.4 Å². The minimum atomic E-state index is -0.461. The van der Waals surface area contributed by atoms with Crippen molar-refractivity contribution in [2.24, 2.45) is 0 Å². The Hall–Kier alpha value is -2.90. The smallest absolute Gasteiger partial charge is 0.276 e. The van der Waals surface area contributed by atoms with Crippen LogP contribution in [0.2, 0.25) is 10.0 Å². The van der Waals surface area contributed by atoms with Crippen molar-refractivity contribution in [2.45, 2.75) is 0 Å². The van der Waals surface area contributed by atoms with Gasteiger partial charge < -0.3 is 14.3 Å². The molecule has 2 heterocycles. The fraction of sp³-hybridized carbons (Fsp3) is 0.190. The molecule has 0 radical (unpaired) electrons. The van der Waals surface area contributed by atoms with Crippen LogP contribution in [-0.2, 0) is 0 Å². The summed E-state index contributed by atoms with van der Waals surface area (Å²) >= 11 is 12.1. The maximum atomic E-state index is 13.4.